The zero-order valence-corrected chi connectivity index (χ0v) is 19.2. The number of likely N-dealkylation sites (N-methyl/N-ethyl adjacent to an activating group) is 1. The lowest BCUT2D eigenvalue weighted by molar-refractivity contribution is -0.113. The van der Waals surface area contributed by atoms with E-state index in [1.807, 2.05) is 12.1 Å². The number of hydrogen-bond acceptors (Lipinski definition) is 10. The molecule has 31 heavy (non-hydrogen) atoms. The molecular formula is C20H22N2O6S3. The van der Waals surface area contributed by atoms with Gasteiger partial charge in [-0.1, -0.05) is 0 Å². The highest BCUT2D eigenvalue weighted by Crippen LogP contribution is 2.46. The first-order valence-corrected chi connectivity index (χ1v) is 11.7. The van der Waals surface area contributed by atoms with Crippen LogP contribution in [0.1, 0.15) is 11.8 Å². The van der Waals surface area contributed by atoms with Gasteiger partial charge in [-0.2, -0.15) is 0 Å². The van der Waals surface area contributed by atoms with Gasteiger partial charge in [0, 0.05) is 27.9 Å². The van der Waals surface area contributed by atoms with E-state index in [0.29, 0.717) is 0 Å². The molecule has 0 saturated heterocycles. The van der Waals surface area contributed by atoms with Crippen molar-refractivity contribution in [3.8, 4) is 0 Å². The summed E-state index contributed by atoms with van der Waals surface area (Å²) < 4.78 is 4.25. The molecule has 0 amide bonds. The molecule has 3 aromatic rings. The van der Waals surface area contributed by atoms with Crippen LogP contribution in [-0.2, 0) is 4.79 Å². The van der Waals surface area contributed by atoms with Crippen LogP contribution in [0.4, 0.5) is 5.00 Å². The second-order valence-corrected chi connectivity index (χ2v) is 10.3. The van der Waals surface area contributed by atoms with E-state index in [4.69, 9.17) is 11.7 Å². The third-order valence-electron chi connectivity index (χ3n) is 4.75. The molecule has 0 bridgehead atoms. The Morgan fingerprint density at radius 2 is 1.71 bits per heavy atom. The SMILES string of the molecule is [C-]#[N+]/C(=C\c1cc2sc3cc(N(C)CC(O)C(O)C(O)C(O)CO)sc3c2s1)C(C)=O. The van der Waals surface area contributed by atoms with E-state index in [9.17, 15) is 25.2 Å². The average Bonchev–Trinajstić information content (AvgIpc) is 3.40. The van der Waals surface area contributed by atoms with Gasteiger partial charge in [0.15, 0.2) is 5.78 Å². The number of hydrogen-bond donors (Lipinski definition) is 5. The number of carbonyl (C=O) groups is 1. The van der Waals surface area contributed by atoms with Gasteiger partial charge in [0.1, 0.15) is 18.3 Å². The van der Waals surface area contributed by atoms with Crippen molar-refractivity contribution in [1.82, 2.24) is 0 Å². The summed E-state index contributed by atoms with van der Waals surface area (Å²) in [5.74, 6) is -0.269. The number of rotatable bonds is 9. The summed E-state index contributed by atoms with van der Waals surface area (Å²) in [7, 11) is 1.74. The molecule has 0 aliphatic heterocycles. The number of aliphatic hydroxyl groups excluding tert-OH is 5. The molecule has 5 N–H and O–H groups in total. The number of thiophene rings is 3. The fourth-order valence-electron chi connectivity index (χ4n) is 2.99. The minimum absolute atomic E-state index is 0.0126. The maximum Gasteiger partial charge on any atom is 0.230 e. The quantitative estimate of drug-likeness (QED) is 0.233. The summed E-state index contributed by atoms with van der Waals surface area (Å²) in [6, 6.07) is 3.94. The highest BCUT2D eigenvalue weighted by Gasteiger charge is 2.31. The van der Waals surface area contributed by atoms with Crippen molar-refractivity contribution in [2.75, 3.05) is 25.1 Å². The number of Topliss-reactive ketones (excluding diaryl/α,β-unsaturated/α-hetero) is 1. The van der Waals surface area contributed by atoms with E-state index in [2.05, 4.69) is 4.85 Å². The molecular weight excluding hydrogens is 460 g/mol. The Kier molecular flexibility index (Phi) is 7.46. The lowest BCUT2D eigenvalue weighted by atomic mass is 10.0. The summed E-state index contributed by atoms with van der Waals surface area (Å²) in [6.45, 7) is 7.78. The molecule has 166 valence electrons. The largest absolute Gasteiger partial charge is 0.394 e. The molecule has 0 fully saturated rings. The first-order chi connectivity index (χ1) is 14.7. The Labute approximate surface area is 190 Å². The van der Waals surface area contributed by atoms with Crippen molar-refractivity contribution in [2.45, 2.75) is 31.3 Å². The molecule has 0 spiro atoms. The summed E-state index contributed by atoms with van der Waals surface area (Å²) in [5, 5.41) is 49.2. The van der Waals surface area contributed by atoms with Gasteiger partial charge in [-0.05, 0) is 25.1 Å². The van der Waals surface area contributed by atoms with Gasteiger partial charge in [-0.25, -0.2) is 4.85 Å². The third kappa shape index (κ3) is 4.97. The summed E-state index contributed by atoms with van der Waals surface area (Å²) in [4.78, 5) is 17.4. The average molecular weight is 483 g/mol. The van der Waals surface area contributed by atoms with Gasteiger partial charge in [0.2, 0.25) is 5.70 Å². The number of fused-ring (bicyclic) bond motifs is 3. The van der Waals surface area contributed by atoms with Crippen LogP contribution in [0.2, 0.25) is 0 Å². The van der Waals surface area contributed by atoms with Crippen molar-refractivity contribution in [3.05, 3.63) is 34.1 Å². The van der Waals surface area contributed by atoms with Crippen LogP contribution in [0.15, 0.2) is 17.8 Å². The Morgan fingerprint density at radius 1 is 1.10 bits per heavy atom. The number of allylic oxidation sites excluding steroid dienone is 1. The monoisotopic (exact) mass is 482 g/mol. The zero-order chi connectivity index (χ0) is 22.9. The number of nitrogens with zero attached hydrogens (tertiary/aromatic N) is 2. The fourth-order valence-corrected chi connectivity index (χ4v) is 6.92. The van der Waals surface area contributed by atoms with E-state index in [-0.39, 0.29) is 18.0 Å². The van der Waals surface area contributed by atoms with Crippen molar-refractivity contribution in [3.63, 3.8) is 0 Å². The predicted octanol–water partition coefficient (Wildman–Crippen LogP) is 1.90. The zero-order valence-electron chi connectivity index (χ0n) is 16.7. The Hall–Kier alpha value is -1.88. The van der Waals surface area contributed by atoms with Crippen LogP contribution in [0.3, 0.4) is 0 Å². The van der Waals surface area contributed by atoms with E-state index >= 15 is 0 Å². The molecule has 0 aromatic carbocycles. The lowest BCUT2D eigenvalue weighted by Crippen LogP contribution is -2.49. The summed E-state index contributed by atoms with van der Waals surface area (Å²) in [5.41, 5.74) is 0.0952. The smallest absolute Gasteiger partial charge is 0.230 e. The van der Waals surface area contributed by atoms with Crippen molar-refractivity contribution >= 4 is 69.7 Å². The minimum atomic E-state index is -1.66. The molecule has 0 saturated carbocycles. The molecule has 3 heterocycles. The number of ketones is 1. The molecule has 4 atom stereocenters. The topological polar surface area (TPSA) is 126 Å². The molecule has 3 aromatic heterocycles. The second-order valence-electron chi connectivity index (χ2n) is 7.10. The van der Waals surface area contributed by atoms with Crippen LogP contribution < -0.4 is 4.90 Å². The number of anilines is 1. The van der Waals surface area contributed by atoms with Crippen LogP contribution in [0.25, 0.3) is 29.7 Å². The Balaban J connectivity index is 1.80. The number of carbonyl (C=O) groups excluding carboxylic acids is 1. The third-order valence-corrected chi connectivity index (χ3v) is 8.59. The molecule has 4 unspecified atom stereocenters. The van der Waals surface area contributed by atoms with E-state index in [1.54, 1.807) is 29.4 Å². The fraction of sp³-hybridized carbons (Fsp3) is 0.400. The minimum Gasteiger partial charge on any atom is -0.394 e. The molecule has 0 aliphatic rings. The molecule has 0 radical (unpaired) electrons. The maximum absolute atomic E-state index is 11.5. The predicted molar refractivity (Wildman–Crippen MR) is 125 cm³/mol. The van der Waals surface area contributed by atoms with Gasteiger partial charge >= 0.3 is 0 Å². The summed E-state index contributed by atoms with van der Waals surface area (Å²) >= 11 is 4.61. The van der Waals surface area contributed by atoms with Gasteiger partial charge in [0.05, 0.1) is 33.7 Å². The van der Waals surface area contributed by atoms with Gasteiger partial charge in [0.25, 0.3) is 0 Å². The second kappa shape index (κ2) is 9.72. The standard InChI is InChI=1S/C20H22N2O6S3/c1-9(24)11(21-2)4-10-5-14-19(29-10)20-15(30-14)6-16(31-20)22(3)7-12(25)17(27)18(28)13(26)8-23/h4-6,12-13,17-18,23,25-28H,7-8H2,1,3H3/b11-4-. The van der Waals surface area contributed by atoms with E-state index < -0.39 is 31.0 Å². The van der Waals surface area contributed by atoms with Gasteiger partial charge in [-0.3, -0.25) is 0 Å². The normalized spacial score (nSPS) is 16.3. The highest BCUT2D eigenvalue weighted by atomic mass is 32.1. The first-order valence-electron chi connectivity index (χ1n) is 9.26. The molecule has 0 aliphatic carbocycles. The molecule has 3 rings (SSSR count). The molecule has 8 nitrogen and oxygen atoms in total. The van der Waals surface area contributed by atoms with Crippen molar-refractivity contribution in [2.24, 2.45) is 0 Å². The van der Waals surface area contributed by atoms with Crippen LogP contribution in [0, 0.1) is 6.57 Å². The summed E-state index contributed by atoms with van der Waals surface area (Å²) in [6.07, 6.45) is -4.54. The first kappa shape index (κ1) is 23.8. The van der Waals surface area contributed by atoms with Gasteiger partial charge in [-0.15, -0.1) is 34.0 Å². The van der Waals surface area contributed by atoms with Gasteiger partial charge < -0.3 is 35.2 Å². The van der Waals surface area contributed by atoms with Crippen LogP contribution in [0.5, 0.6) is 0 Å². The number of aliphatic hydroxyl groups is 5. The van der Waals surface area contributed by atoms with Crippen LogP contribution in [-0.4, -0.2) is 75.9 Å². The molecule has 11 heteroatoms. The highest BCUT2D eigenvalue weighted by molar-refractivity contribution is 7.39. The maximum atomic E-state index is 11.5. The Morgan fingerprint density at radius 3 is 2.32 bits per heavy atom. The van der Waals surface area contributed by atoms with Crippen LogP contribution >= 0.6 is 34.0 Å². The van der Waals surface area contributed by atoms with E-state index in [0.717, 1.165) is 28.7 Å². The Bertz CT molecular complexity index is 1160. The van der Waals surface area contributed by atoms with Crippen molar-refractivity contribution < 1.29 is 30.3 Å². The van der Waals surface area contributed by atoms with Crippen molar-refractivity contribution in [1.29, 1.82) is 0 Å². The van der Waals surface area contributed by atoms with E-state index in [1.165, 1.54) is 29.6 Å². The lowest BCUT2D eigenvalue weighted by Gasteiger charge is -2.28.